The highest BCUT2D eigenvalue weighted by Gasteiger charge is 2.24. The standard InChI is InChI=1S/C20H23ClN4O2/c1-13(2)25-11-19(23-12-25)20(26)24-15-4-7-16(8-5-15)27-17-6-3-14(10-22)18(21)9-17/h3,6,9,11-13,15-16H,4-5,7-8H2,1-2H3,(H,24,26). The molecule has 142 valence electrons. The zero-order chi connectivity index (χ0) is 19.4. The highest BCUT2D eigenvalue weighted by atomic mass is 35.5. The van der Waals surface area contributed by atoms with Crippen molar-refractivity contribution in [1.29, 1.82) is 5.26 Å². The summed E-state index contributed by atoms with van der Waals surface area (Å²) < 4.78 is 7.90. The zero-order valence-corrected chi connectivity index (χ0v) is 16.2. The predicted molar refractivity (Wildman–Crippen MR) is 103 cm³/mol. The molecule has 3 rings (SSSR count). The number of ether oxygens (including phenoxy) is 1. The number of aromatic nitrogens is 2. The SMILES string of the molecule is CC(C)n1cnc(C(=O)NC2CCC(Oc3ccc(C#N)c(Cl)c3)CC2)c1. The third-order valence-electron chi connectivity index (χ3n) is 4.80. The topological polar surface area (TPSA) is 79.9 Å². The third kappa shape index (κ3) is 4.81. The molecule has 0 saturated heterocycles. The van der Waals surface area contributed by atoms with Crippen LogP contribution in [0.5, 0.6) is 5.75 Å². The smallest absolute Gasteiger partial charge is 0.271 e. The van der Waals surface area contributed by atoms with E-state index in [2.05, 4.69) is 10.3 Å². The van der Waals surface area contributed by atoms with Gasteiger partial charge in [-0.3, -0.25) is 4.79 Å². The number of nitrogens with one attached hydrogen (secondary N) is 1. The molecule has 2 aromatic rings. The molecule has 1 aromatic heterocycles. The van der Waals surface area contributed by atoms with Gasteiger partial charge in [0, 0.05) is 24.3 Å². The summed E-state index contributed by atoms with van der Waals surface area (Å²) in [5.41, 5.74) is 0.893. The molecule has 7 heteroatoms. The lowest BCUT2D eigenvalue weighted by molar-refractivity contribution is 0.0889. The first kappa shape index (κ1) is 19.2. The summed E-state index contributed by atoms with van der Waals surface area (Å²) in [5.74, 6) is 0.545. The minimum atomic E-state index is -0.127. The van der Waals surface area contributed by atoms with Crippen molar-refractivity contribution in [3.05, 3.63) is 47.0 Å². The Kier molecular flexibility index (Phi) is 6.02. The van der Waals surface area contributed by atoms with Crippen LogP contribution >= 0.6 is 11.6 Å². The lowest BCUT2D eigenvalue weighted by Crippen LogP contribution is -2.39. The molecule has 1 amide bonds. The number of nitriles is 1. The van der Waals surface area contributed by atoms with E-state index >= 15 is 0 Å². The van der Waals surface area contributed by atoms with E-state index < -0.39 is 0 Å². The van der Waals surface area contributed by atoms with E-state index in [9.17, 15) is 4.79 Å². The van der Waals surface area contributed by atoms with Crippen LogP contribution in [0, 0.1) is 11.3 Å². The van der Waals surface area contributed by atoms with Gasteiger partial charge in [0.15, 0.2) is 0 Å². The maximum atomic E-state index is 12.4. The largest absolute Gasteiger partial charge is 0.490 e. The molecule has 0 unspecified atom stereocenters. The lowest BCUT2D eigenvalue weighted by atomic mass is 9.93. The van der Waals surface area contributed by atoms with Gasteiger partial charge in [0.05, 0.1) is 23.0 Å². The maximum Gasteiger partial charge on any atom is 0.271 e. The number of hydrogen-bond donors (Lipinski definition) is 1. The Labute approximate surface area is 164 Å². The Morgan fingerprint density at radius 3 is 2.70 bits per heavy atom. The van der Waals surface area contributed by atoms with Crippen LogP contribution in [-0.4, -0.2) is 27.6 Å². The number of amides is 1. The first-order valence-electron chi connectivity index (χ1n) is 9.17. The van der Waals surface area contributed by atoms with E-state index in [0.717, 1.165) is 25.7 Å². The van der Waals surface area contributed by atoms with Gasteiger partial charge in [-0.2, -0.15) is 5.26 Å². The van der Waals surface area contributed by atoms with Crippen LogP contribution in [0.4, 0.5) is 0 Å². The normalized spacial score (nSPS) is 19.5. The predicted octanol–water partition coefficient (Wildman–Crippen LogP) is 4.11. The van der Waals surface area contributed by atoms with Gasteiger partial charge in [0.2, 0.25) is 0 Å². The number of halogens is 1. The molecule has 1 N–H and O–H groups in total. The molecule has 1 aliphatic rings. The molecule has 1 fully saturated rings. The molecule has 1 aromatic carbocycles. The van der Waals surface area contributed by atoms with Crippen LogP contribution in [0.3, 0.4) is 0 Å². The highest BCUT2D eigenvalue weighted by Crippen LogP contribution is 2.27. The van der Waals surface area contributed by atoms with Gasteiger partial charge in [-0.15, -0.1) is 0 Å². The van der Waals surface area contributed by atoms with Crippen LogP contribution in [0.2, 0.25) is 5.02 Å². The van der Waals surface area contributed by atoms with Gasteiger partial charge in [-0.1, -0.05) is 11.6 Å². The summed E-state index contributed by atoms with van der Waals surface area (Å²) in [6.07, 6.45) is 6.96. The van der Waals surface area contributed by atoms with Gasteiger partial charge in [0.25, 0.3) is 5.91 Å². The Morgan fingerprint density at radius 1 is 1.37 bits per heavy atom. The minimum Gasteiger partial charge on any atom is -0.490 e. The molecule has 0 bridgehead atoms. The van der Waals surface area contributed by atoms with Gasteiger partial charge in [-0.05, 0) is 51.7 Å². The Bertz CT molecular complexity index is 848. The molecular formula is C20H23ClN4O2. The van der Waals surface area contributed by atoms with E-state index in [1.54, 1.807) is 30.7 Å². The summed E-state index contributed by atoms with van der Waals surface area (Å²) in [5, 5.41) is 12.4. The lowest BCUT2D eigenvalue weighted by Gasteiger charge is -2.29. The number of imidazole rings is 1. The molecule has 27 heavy (non-hydrogen) atoms. The number of rotatable bonds is 5. The van der Waals surface area contributed by atoms with Gasteiger partial charge >= 0.3 is 0 Å². The van der Waals surface area contributed by atoms with Crippen LogP contribution in [0.15, 0.2) is 30.7 Å². The van der Waals surface area contributed by atoms with Crippen molar-refractivity contribution in [1.82, 2.24) is 14.9 Å². The summed E-state index contributed by atoms with van der Waals surface area (Å²) in [6, 6.07) is 7.56. The summed E-state index contributed by atoms with van der Waals surface area (Å²) >= 11 is 6.05. The van der Waals surface area contributed by atoms with E-state index in [1.165, 1.54) is 0 Å². The van der Waals surface area contributed by atoms with Crippen LogP contribution in [0.25, 0.3) is 0 Å². The molecule has 1 heterocycles. The number of carbonyl (C=O) groups is 1. The molecule has 6 nitrogen and oxygen atoms in total. The third-order valence-corrected chi connectivity index (χ3v) is 5.12. The maximum absolute atomic E-state index is 12.4. The number of carbonyl (C=O) groups excluding carboxylic acids is 1. The summed E-state index contributed by atoms with van der Waals surface area (Å²) in [7, 11) is 0. The van der Waals surface area contributed by atoms with Gasteiger partial charge in [0.1, 0.15) is 17.5 Å². The zero-order valence-electron chi connectivity index (χ0n) is 15.5. The number of benzene rings is 1. The van der Waals surface area contributed by atoms with Crippen LogP contribution in [0.1, 0.15) is 61.6 Å². The average Bonchev–Trinajstić information content (AvgIpc) is 3.14. The average molecular weight is 387 g/mol. The van der Waals surface area contributed by atoms with Crippen molar-refractivity contribution in [3.8, 4) is 11.8 Å². The van der Waals surface area contributed by atoms with Gasteiger partial charge in [-0.25, -0.2) is 4.98 Å². The minimum absolute atomic E-state index is 0.0855. The fourth-order valence-electron chi connectivity index (χ4n) is 3.17. The molecule has 1 saturated carbocycles. The fourth-order valence-corrected chi connectivity index (χ4v) is 3.39. The second kappa shape index (κ2) is 8.45. The molecule has 1 aliphatic carbocycles. The second-order valence-corrected chi connectivity index (χ2v) is 7.53. The van der Waals surface area contributed by atoms with E-state index in [1.807, 2.05) is 24.5 Å². The van der Waals surface area contributed by atoms with Gasteiger partial charge < -0.3 is 14.6 Å². The van der Waals surface area contributed by atoms with Crippen LogP contribution in [-0.2, 0) is 0 Å². The molecular weight excluding hydrogens is 364 g/mol. The van der Waals surface area contributed by atoms with E-state index in [-0.39, 0.29) is 24.1 Å². The fraction of sp³-hybridized carbons (Fsp3) is 0.450. The number of hydrogen-bond acceptors (Lipinski definition) is 4. The highest BCUT2D eigenvalue weighted by molar-refractivity contribution is 6.31. The Hall–Kier alpha value is -2.52. The monoisotopic (exact) mass is 386 g/mol. The number of nitrogens with zero attached hydrogens (tertiary/aromatic N) is 3. The molecule has 0 atom stereocenters. The van der Waals surface area contributed by atoms with Crippen LogP contribution < -0.4 is 10.1 Å². The molecule has 0 radical (unpaired) electrons. The van der Waals surface area contributed by atoms with Crippen molar-refractivity contribution in [2.75, 3.05) is 0 Å². The quantitative estimate of drug-likeness (QED) is 0.838. The van der Waals surface area contributed by atoms with Crippen molar-refractivity contribution in [2.24, 2.45) is 0 Å². The summed E-state index contributed by atoms with van der Waals surface area (Å²) in [4.78, 5) is 16.5. The van der Waals surface area contributed by atoms with Crippen molar-refractivity contribution >= 4 is 17.5 Å². The Morgan fingerprint density at radius 2 is 2.11 bits per heavy atom. The molecule has 0 spiro atoms. The van der Waals surface area contributed by atoms with Crippen molar-refractivity contribution in [3.63, 3.8) is 0 Å². The van der Waals surface area contributed by atoms with E-state index in [4.69, 9.17) is 21.6 Å². The second-order valence-electron chi connectivity index (χ2n) is 7.12. The molecule has 0 aliphatic heterocycles. The Balaban J connectivity index is 1.49. The summed E-state index contributed by atoms with van der Waals surface area (Å²) in [6.45, 7) is 4.09. The first-order valence-corrected chi connectivity index (χ1v) is 9.54. The van der Waals surface area contributed by atoms with Crippen molar-refractivity contribution in [2.45, 2.75) is 57.7 Å². The first-order chi connectivity index (χ1) is 13.0. The van der Waals surface area contributed by atoms with E-state index in [0.29, 0.717) is 22.0 Å². The van der Waals surface area contributed by atoms with Crippen molar-refractivity contribution < 1.29 is 9.53 Å².